The summed E-state index contributed by atoms with van der Waals surface area (Å²) in [5.41, 5.74) is 1.45. The van der Waals surface area contributed by atoms with Crippen molar-refractivity contribution in [1.82, 2.24) is 10.2 Å². The van der Waals surface area contributed by atoms with Crippen LogP contribution in [0.5, 0.6) is 0 Å². The van der Waals surface area contributed by atoms with Crippen LogP contribution in [0.2, 0.25) is 5.15 Å². The smallest absolute Gasteiger partial charge is 0.168 e. The maximum Gasteiger partial charge on any atom is 0.168 e. The molecule has 3 nitrogen and oxygen atoms in total. The minimum Gasteiger partial charge on any atom is -0.279 e. The van der Waals surface area contributed by atoms with E-state index in [1.54, 1.807) is 0 Å². The molecule has 0 radical (unpaired) electrons. The summed E-state index contributed by atoms with van der Waals surface area (Å²) in [4.78, 5) is 0. The fourth-order valence-electron chi connectivity index (χ4n) is 1.43. The number of rotatable bonds is 1. The van der Waals surface area contributed by atoms with Crippen LogP contribution in [0.4, 0.5) is 0 Å². The fourth-order valence-corrected chi connectivity index (χ4v) is 1.62. The van der Waals surface area contributed by atoms with Gasteiger partial charge in [0.05, 0.1) is 5.69 Å². The summed E-state index contributed by atoms with van der Waals surface area (Å²) in [5.74, 6) is 0.486. The molecule has 0 atom stereocenters. The van der Waals surface area contributed by atoms with Gasteiger partial charge < -0.3 is 0 Å². The second-order valence-electron chi connectivity index (χ2n) is 3.04. The van der Waals surface area contributed by atoms with Gasteiger partial charge in [0, 0.05) is 5.92 Å². The topological polar surface area (TPSA) is 52.5 Å². The highest BCUT2D eigenvalue weighted by Gasteiger charge is 2.25. The largest absolute Gasteiger partial charge is 0.279 e. The maximum atomic E-state index is 8.76. The van der Waals surface area contributed by atoms with Crippen LogP contribution in [0.25, 0.3) is 0 Å². The number of hydrogen-bond donors (Lipinski definition) is 1. The Hall–Kier alpha value is -1.01. The summed E-state index contributed by atoms with van der Waals surface area (Å²) >= 11 is 5.71. The standard InChI is InChI=1S/C8H8ClN3/c9-8-6(4-10)7(11-12-8)5-2-1-3-5/h5H,1-3H2,(H,11,12). The number of aromatic nitrogens is 2. The zero-order chi connectivity index (χ0) is 8.55. The number of hydrogen-bond acceptors (Lipinski definition) is 2. The molecule has 1 N–H and O–H groups in total. The maximum absolute atomic E-state index is 8.76. The summed E-state index contributed by atoms with van der Waals surface area (Å²) in [6.07, 6.45) is 3.53. The molecule has 0 aromatic carbocycles. The lowest BCUT2D eigenvalue weighted by atomic mass is 9.82. The molecule has 0 saturated heterocycles. The van der Waals surface area contributed by atoms with E-state index in [1.165, 1.54) is 6.42 Å². The van der Waals surface area contributed by atoms with Crippen molar-refractivity contribution in [3.63, 3.8) is 0 Å². The molecular weight excluding hydrogens is 174 g/mol. The van der Waals surface area contributed by atoms with Crippen molar-refractivity contribution in [3.8, 4) is 6.07 Å². The first-order valence-corrected chi connectivity index (χ1v) is 4.34. The molecule has 2 rings (SSSR count). The predicted molar refractivity (Wildman–Crippen MR) is 44.9 cm³/mol. The average Bonchev–Trinajstić information content (AvgIpc) is 2.29. The van der Waals surface area contributed by atoms with Gasteiger partial charge in [-0.1, -0.05) is 18.0 Å². The molecule has 1 aliphatic carbocycles. The van der Waals surface area contributed by atoms with Crippen LogP contribution in [0.15, 0.2) is 0 Å². The Morgan fingerprint density at radius 3 is 2.83 bits per heavy atom. The Balaban J connectivity index is 2.37. The Bertz CT molecular complexity index is 333. The number of nitrogens with zero attached hydrogens (tertiary/aromatic N) is 2. The van der Waals surface area contributed by atoms with Crippen molar-refractivity contribution in [2.45, 2.75) is 25.2 Å². The van der Waals surface area contributed by atoms with Crippen LogP contribution in [0.1, 0.15) is 36.4 Å². The average molecular weight is 182 g/mol. The number of aromatic amines is 1. The lowest BCUT2D eigenvalue weighted by molar-refractivity contribution is 0.410. The second kappa shape index (κ2) is 2.80. The van der Waals surface area contributed by atoms with Crippen LogP contribution < -0.4 is 0 Å². The summed E-state index contributed by atoms with van der Waals surface area (Å²) < 4.78 is 0. The van der Waals surface area contributed by atoms with Crippen LogP contribution >= 0.6 is 11.6 Å². The van der Waals surface area contributed by atoms with Gasteiger partial charge in [0.25, 0.3) is 0 Å². The molecule has 1 saturated carbocycles. The first kappa shape index (κ1) is 7.63. The normalized spacial score (nSPS) is 17.0. The van der Waals surface area contributed by atoms with Crippen LogP contribution in [0.3, 0.4) is 0 Å². The Labute approximate surface area is 75.3 Å². The van der Waals surface area contributed by atoms with Gasteiger partial charge in [-0.05, 0) is 12.8 Å². The molecule has 0 unspecified atom stereocenters. The summed E-state index contributed by atoms with van der Waals surface area (Å²) in [7, 11) is 0. The highest BCUT2D eigenvalue weighted by molar-refractivity contribution is 6.30. The molecule has 1 heterocycles. The van der Waals surface area contributed by atoms with Gasteiger partial charge in [-0.2, -0.15) is 10.4 Å². The lowest BCUT2D eigenvalue weighted by Crippen LogP contribution is -2.10. The van der Waals surface area contributed by atoms with E-state index in [0.717, 1.165) is 18.5 Å². The number of H-pyrrole nitrogens is 1. The van der Waals surface area contributed by atoms with Gasteiger partial charge in [-0.3, -0.25) is 5.10 Å². The van der Waals surface area contributed by atoms with Crippen LogP contribution in [-0.2, 0) is 0 Å². The molecular formula is C8H8ClN3. The third-order valence-electron chi connectivity index (χ3n) is 2.38. The van der Waals surface area contributed by atoms with E-state index in [1.807, 2.05) is 0 Å². The predicted octanol–water partition coefficient (Wildman–Crippen LogP) is 2.20. The van der Waals surface area contributed by atoms with Gasteiger partial charge in [-0.15, -0.1) is 0 Å². The third kappa shape index (κ3) is 0.997. The van der Waals surface area contributed by atoms with E-state index < -0.39 is 0 Å². The van der Waals surface area contributed by atoms with Crippen LogP contribution in [-0.4, -0.2) is 10.2 Å². The Kier molecular flexibility index (Phi) is 1.78. The summed E-state index contributed by atoms with van der Waals surface area (Å²) in [6.45, 7) is 0. The zero-order valence-corrected chi connectivity index (χ0v) is 7.23. The van der Waals surface area contributed by atoms with E-state index in [0.29, 0.717) is 16.6 Å². The third-order valence-corrected chi connectivity index (χ3v) is 2.65. The monoisotopic (exact) mass is 181 g/mol. The van der Waals surface area contributed by atoms with E-state index >= 15 is 0 Å². The van der Waals surface area contributed by atoms with E-state index in [4.69, 9.17) is 16.9 Å². The molecule has 0 spiro atoms. The van der Waals surface area contributed by atoms with E-state index in [9.17, 15) is 0 Å². The van der Waals surface area contributed by atoms with Crippen molar-refractivity contribution < 1.29 is 0 Å². The van der Waals surface area contributed by atoms with Gasteiger partial charge in [0.15, 0.2) is 5.15 Å². The SMILES string of the molecule is N#Cc1c(Cl)n[nH]c1C1CCC1. The zero-order valence-electron chi connectivity index (χ0n) is 6.47. The Morgan fingerprint density at radius 1 is 1.58 bits per heavy atom. The van der Waals surface area contributed by atoms with Gasteiger partial charge in [0.1, 0.15) is 11.6 Å². The lowest BCUT2D eigenvalue weighted by Gasteiger charge is -2.23. The van der Waals surface area contributed by atoms with Gasteiger partial charge in [-0.25, -0.2) is 0 Å². The molecule has 0 bridgehead atoms. The first-order valence-electron chi connectivity index (χ1n) is 3.96. The molecule has 1 fully saturated rings. The minimum absolute atomic E-state index is 0.305. The van der Waals surface area contributed by atoms with Gasteiger partial charge in [0.2, 0.25) is 0 Å². The molecule has 1 aromatic heterocycles. The van der Waals surface area contributed by atoms with Gasteiger partial charge >= 0.3 is 0 Å². The van der Waals surface area contributed by atoms with Crippen molar-refractivity contribution in [3.05, 3.63) is 16.4 Å². The molecule has 0 aliphatic heterocycles. The number of nitriles is 1. The van der Waals surface area contributed by atoms with Crippen LogP contribution in [0, 0.1) is 11.3 Å². The van der Waals surface area contributed by atoms with Crippen molar-refractivity contribution in [2.24, 2.45) is 0 Å². The second-order valence-corrected chi connectivity index (χ2v) is 3.40. The molecule has 1 aliphatic rings. The molecule has 62 valence electrons. The Morgan fingerprint density at radius 2 is 2.33 bits per heavy atom. The summed E-state index contributed by atoms with van der Waals surface area (Å²) in [6, 6.07) is 2.07. The minimum atomic E-state index is 0.305. The molecule has 12 heavy (non-hydrogen) atoms. The van der Waals surface area contributed by atoms with Crippen molar-refractivity contribution >= 4 is 11.6 Å². The highest BCUT2D eigenvalue weighted by atomic mass is 35.5. The molecule has 4 heteroatoms. The number of halogens is 1. The van der Waals surface area contributed by atoms with Crippen molar-refractivity contribution in [2.75, 3.05) is 0 Å². The summed E-state index contributed by atoms with van der Waals surface area (Å²) in [5, 5.41) is 15.7. The fraction of sp³-hybridized carbons (Fsp3) is 0.500. The number of nitrogens with one attached hydrogen (secondary N) is 1. The van der Waals surface area contributed by atoms with E-state index in [2.05, 4.69) is 16.3 Å². The van der Waals surface area contributed by atoms with Crippen molar-refractivity contribution in [1.29, 1.82) is 5.26 Å². The first-order chi connectivity index (χ1) is 5.83. The quantitative estimate of drug-likeness (QED) is 0.722. The highest BCUT2D eigenvalue weighted by Crippen LogP contribution is 2.37. The van der Waals surface area contributed by atoms with E-state index in [-0.39, 0.29) is 0 Å². The molecule has 0 amide bonds. The molecule has 1 aromatic rings.